The number of likely N-dealkylation sites (N-methyl/N-ethyl adjacent to an activating group) is 1. The predicted molar refractivity (Wildman–Crippen MR) is 123 cm³/mol. The van der Waals surface area contributed by atoms with Crippen LogP contribution in [0.15, 0.2) is 24.3 Å². The van der Waals surface area contributed by atoms with Gasteiger partial charge in [-0.25, -0.2) is 0 Å². The average Bonchev–Trinajstić information content (AvgIpc) is 3.48. The third-order valence-electron chi connectivity index (χ3n) is 6.97. The summed E-state index contributed by atoms with van der Waals surface area (Å²) < 4.78 is 5.42. The molecule has 0 saturated carbocycles. The highest BCUT2D eigenvalue weighted by Crippen LogP contribution is 2.26. The van der Waals surface area contributed by atoms with Crippen LogP contribution in [0.3, 0.4) is 0 Å². The number of hydrogen-bond donors (Lipinski definition) is 1. The van der Waals surface area contributed by atoms with Crippen molar-refractivity contribution < 1.29 is 14.3 Å². The van der Waals surface area contributed by atoms with Crippen molar-refractivity contribution in [1.29, 1.82) is 0 Å². The van der Waals surface area contributed by atoms with Crippen LogP contribution in [0.1, 0.15) is 64.5 Å². The summed E-state index contributed by atoms with van der Waals surface area (Å²) in [4.78, 5) is 29.4. The van der Waals surface area contributed by atoms with E-state index in [-0.39, 0.29) is 17.9 Å². The van der Waals surface area contributed by atoms with Crippen molar-refractivity contribution in [1.82, 2.24) is 20.0 Å². The SMILES string of the molecule is Cc1ccc(CCC(=O)N2CCC(N(C)C(=O)c3cc(C4CCOCC4)[nH]n3)C2)c(C)c1. The van der Waals surface area contributed by atoms with E-state index >= 15 is 0 Å². The zero-order chi connectivity index (χ0) is 22.7. The van der Waals surface area contributed by atoms with Gasteiger partial charge in [-0.2, -0.15) is 5.10 Å². The molecule has 2 amide bonds. The highest BCUT2D eigenvalue weighted by atomic mass is 16.5. The topological polar surface area (TPSA) is 78.5 Å². The number of nitrogens with zero attached hydrogens (tertiary/aromatic N) is 3. The Hall–Kier alpha value is -2.67. The van der Waals surface area contributed by atoms with Crippen molar-refractivity contribution in [3.8, 4) is 0 Å². The largest absolute Gasteiger partial charge is 0.381 e. The highest BCUT2D eigenvalue weighted by Gasteiger charge is 2.32. The zero-order valence-electron chi connectivity index (χ0n) is 19.4. The smallest absolute Gasteiger partial charge is 0.274 e. The van der Waals surface area contributed by atoms with Crippen LogP contribution < -0.4 is 0 Å². The lowest BCUT2D eigenvalue weighted by Crippen LogP contribution is -2.40. The van der Waals surface area contributed by atoms with Gasteiger partial charge >= 0.3 is 0 Å². The molecule has 32 heavy (non-hydrogen) atoms. The number of amides is 2. The number of ether oxygens (including phenoxy) is 1. The van der Waals surface area contributed by atoms with E-state index in [0.29, 0.717) is 31.1 Å². The number of aromatic amines is 1. The van der Waals surface area contributed by atoms with Gasteiger partial charge in [0, 0.05) is 51.4 Å². The molecule has 7 heteroatoms. The number of carbonyl (C=O) groups excluding carboxylic acids is 2. The van der Waals surface area contributed by atoms with E-state index in [2.05, 4.69) is 42.2 Å². The Morgan fingerprint density at radius 3 is 2.72 bits per heavy atom. The van der Waals surface area contributed by atoms with Gasteiger partial charge in [-0.3, -0.25) is 14.7 Å². The quantitative estimate of drug-likeness (QED) is 0.751. The van der Waals surface area contributed by atoms with Crippen LogP contribution in [-0.2, 0) is 16.0 Å². The van der Waals surface area contributed by atoms with Crippen LogP contribution >= 0.6 is 0 Å². The van der Waals surface area contributed by atoms with Crippen LogP contribution in [0.25, 0.3) is 0 Å². The van der Waals surface area contributed by atoms with E-state index in [9.17, 15) is 9.59 Å². The lowest BCUT2D eigenvalue weighted by atomic mass is 9.96. The maximum atomic E-state index is 13.0. The van der Waals surface area contributed by atoms with Gasteiger partial charge in [0.05, 0.1) is 6.04 Å². The number of H-pyrrole nitrogens is 1. The number of rotatable bonds is 6. The second kappa shape index (κ2) is 9.86. The van der Waals surface area contributed by atoms with Crippen molar-refractivity contribution in [3.05, 3.63) is 52.3 Å². The molecule has 2 fully saturated rings. The Balaban J connectivity index is 1.30. The van der Waals surface area contributed by atoms with E-state index in [0.717, 1.165) is 44.6 Å². The monoisotopic (exact) mass is 438 g/mol. The van der Waals surface area contributed by atoms with Gasteiger partial charge in [0.25, 0.3) is 5.91 Å². The number of aromatic nitrogens is 2. The summed E-state index contributed by atoms with van der Waals surface area (Å²) in [5.74, 6) is 0.448. The molecular formula is C25H34N4O3. The van der Waals surface area contributed by atoms with Crippen molar-refractivity contribution in [2.45, 2.75) is 57.9 Å². The highest BCUT2D eigenvalue weighted by molar-refractivity contribution is 5.92. The average molecular weight is 439 g/mol. The molecule has 2 aliphatic rings. The lowest BCUT2D eigenvalue weighted by Gasteiger charge is -2.24. The molecule has 4 rings (SSSR count). The molecule has 2 aliphatic heterocycles. The van der Waals surface area contributed by atoms with Gasteiger partial charge in [0.1, 0.15) is 5.69 Å². The molecule has 0 radical (unpaired) electrons. The van der Waals surface area contributed by atoms with E-state index in [1.165, 1.54) is 16.7 Å². The fraction of sp³-hybridized carbons (Fsp3) is 0.560. The van der Waals surface area contributed by atoms with Crippen LogP contribution in [-0.4, -0.2) is 71.2 Å². The van der Waals surface area contributed by atoms with Crippen LogP contribution in [0.5, 0.6) is 0 Å². The van der Waals surface area contributed by atoms with Crippen molar-refractivity contribution in [2.75, 3.05) is 33.4 Å². The molecule has 2 aromatic rings. The molecular weight excluding hydrogens is 404 g/mol. The number of hydrogen-bond acceptors (Lipinski definition) is 4. The Labute approximate surface area is 190 Å². The molecule has 0 aliphatic carbocycles. The van der Waals surface area contributed by atoms with Gasteiger partial charge in [0.2, 0.25) is 5.91 Å². The minimum atomic E-state index is -0.0888. The summed E-state index contributed by atoms with van der Waals surface area (Å²) in [7, 11) is 1.82. The van der Waals surface area contributed by atoms with Gasteiger partial charge in [-0.1, -0.05) is 23.8 Å². The molecule has 0 bridgehead atoms. The predicted octanol–water partition coefficient (Wildman–Crippen LogP) is 3.23. The zero-order valence-corrected chi connectivity index (χ0v) is 19.4. The van der Waals surface area contributed by atoms with Gasteiger partial charge in [-0.05, 0) is 56.7 Å². The number of nitrogens with one attached hydrogen (secondary N) is 1. The fourth-order valence-corrected chi connectivity index (χ4v) is 4.82. The summed E-state index contributed by atoms with van der Waals surface area (Å²) in [6, 6.07) is 8.29. The van der Waals surface area contributed by atoms with Crippen molar-refractivity contribution in [3.63, 3.8) is 0 Å². The molecule has 1 unspecified atom stereocenters. The first-order valence-corrected chi connectivity index (χ1v) is 11.7. The van der Waals surface area contributed by atoms with Crippen molar-refractivity contribution in [2.24, 2.45) is 0 Å². The minimum absolute atomic E-state index is 0.0239. The van der Waals surface area contributed by atoms with E-state index in [1.54, 1.807) is 4.90 Å². The molecule has 0 spiro atoms. The first kappa shape index (κ1) is 22.5. The fourth-order valence-electron chi connectivity index (χ4n) is 4.82. The molecule has 2 saturated heterocycles. The van der Waals surface area contributed by atoms with E-state index in [4.69, 9.17) is 4.74 Å². The Morgan fingerprint density at radius 2 is 1.97 bits per heavy atom. The van der Waals surface area contributed by atoms with Crippen molar-refractivity contribution >= 4 is 11.8 Å². The van der Waals surface area contributed by atoms with Gasteiger partial charge in [0.15, 0.2) is 0 Å². The third-order valence-corrected chi connectivity index (χ3v) is 6.97. The second-order valence-corrected chi connectivity index (χ2v) is 9.22. The molecule has 1 atom stereocenters. The summed E-state index contributed by atoms with van der Waals surface area (Å²) in [5, 5.41) is 7.33. The Morgan fingerprint density at radius 1 is 1.19 bits per heavy atom. The number of benzene rings is 1. The van der Waals surface area contributed by atoms with Gasteiger partial charge < -0.3 is 14.5 Å². The second-order valence-electron chi connectivity index (χ2n) is 9.22. The normalized spacial score (nSPS) is 19.3. The maximum absolute atomic E-state index is 13.0. The number of aryl methyl sites for hydroxylation is 3. The first-order chi connectivity index (χ1) is 15.4. The standard InChI is InChI=1S/C25H34N4O3/c1-17-4-5-19(18(2)14-17)6-7-24(30)29-11-8-21(16-29)28(3)25(31)23-15-22(26-27-23)20-9-12-32-13-10-20/h4-5,14-15,20-21H,6-13,16H2,1-3H3,(H,26,27). The van der Waals surface area contributed by atoms with Crippen LogP contribution in [0.2, 0.25) is 0 Å². The summed E-state index contributed by atoms with van der Waals surface area (Å²) >= 11 is 0. The number of likely N-dealkylation sites (tertiary alicyclic amines) is 1. The Bertz CT molecular complexity index is 964. The summed E-state index contributed by atoms with van der Waals surface area (Å²) in [5.41, 5.74) is 5.17. The van der Waals surface area contributed by atoms with E-state index in [1.807, 2.05) is 18.0 Å². The molecule has 1 aromatic heterocycles. The third kappa shape index (κ3) is 5.04. The lowest BCUT2D eigenvalue weighted by molar-refractivity contribution is -0.130. The summed E-state index contributed by atoms with van der Waals surface area (Å²) in [6.45, 7) is 6.97. The first-order valence-electron chi connectivity index (χ1n) is 11.7. The molecule has 1 aromatic carbocycles. The molecule has 3 heterocycles. The maximum Gasteiger partial charge on any atom is 0.274 e. The molecule has 172 valence electrons. The molecule has 1 N–H and O–H groups in total. The summed E-state index contributed by atoms with van der Waals surface area (Å²) in [6.07, 6.45) is 3.96. The number of carbonyl (C=O) groups is 2. The van der Waals surface area contributed by atoms with Gasteiger partial charge in [-0.15, -0.1) is 0 Å². The molecule has 7 nitrogen and oxygen atoms in total. The Kier molecular flexibility index (Phi) is 6.94. The minimum Gasteiger partial charge on any atom is -0.381 e. The van der Waals surface area contributed by atoms with E-state index < -0.39 is 0 Å². The van der Waals surface area contributed by atoms with Crippen LogP contribution in [0, 0.1) is 13.8 Å². The van der Waals surface area contributed by atoms with Crippen LogP contribution in [0.4, 0.5) is 0 Å².